The van der Waals surface area contributed by atoms with Crippen LogP contribution < -0.4 is 0 Å². The molecule has 3 N–H and O–H groups in total. The van der Waals surface area contributed by atoms with E-state index >= 15 is 0 Å². The number of piperidine rings is 1. The van der Waals surface area contributed by atoms with Gasteiger partial charge in [0.05, 0.1) is 30.7 Å². The summed E-state index contributed by atoms with van der Waals surface area (Å²) in [5, 5.41) is 28.3. The van der Waals surface area contributed by atoms with Crippen molar-refractivity contribution in [3.8, 4) is 0 Å². The Morgan fingerprint density at radius 3 is 2.57 bits per heavy atom. The molecule has 1 fully saturated rings. The van der Waals surface area contributed by atoms with Crippen molar-refractivity contribution < 1.29 is 19.6 Å². The standard InChI is InChI=1S/C8H16ClNO4/c1-5-7(12)8(13)6(11)4-10(5)2-3-14-9/h5-8,11-13H,2-4H2,1H3/t5-,6+,7+,8-/m1/s1. The highest BCUT2D eigenvalue weighted by Crippen LogP contribution is 2.18. The Bertz CT molecular complexity index is 183. The van der Waals surface area contributed by atoms with Crippen LogP contribution in [0, 0.1) is 0 Å². The van der Waals surface area contributed by atoms with Crippen LogP contribution in [0.3, 0.4) is 0 Å². The molecule has 0 aromatic rings. The third-order valence-corrected chi connectivity index (χ3v) is 2.85. The van der Waals surface area contributed by atoms with Crippen LogP contribution in [-0.2, 0) is 4.29 Å². The van der Waals surface area contributed by atoms with Crippen molar-refractivity contribution in [2.24, 2.45) is 0 Å². The Balaban J connectivity index is 2.52. The fourth-order valence-electron chi connectivity index (χ4n) is 1.69. The fraction of sp³-hybridized carbons (Fsp3) is 1.00. The molecule has 0 radical (unpaired) electrons. The summed E-state index contributed by atoms with van der Waals surface area (Å²) in [6.45, 7) is 2.95. The summed E-state index contributed by atoms with van der Waals surface area (Å²) in [5.74, 6) is 0. The van der Waals surface area contributed by atoms with Gasteiger partial charge < -0.3 is 15.3 Å². The molecule has 0 saturated carbocycles. The van der Waals surface area contributed by atoms with E-state index in [-0.39, 0.29) is 6.04 Å². The summed E-state index contributed by atoms with van der Waals surface area (Å²) in [6.07, 6.45) is -2.93. The largest absolute Gasteiger partial charge is 0.389 e. The van der Waals surface area contributed by atoms with E-state index in [1.54, 1.807) is 6.92 Å². The van der Waals surface area contributed by atoms with Crippen LogP contribution in [0.1, 0.15) is 6.92 Å². The van der Waals surface area contributed by atoms with E-state index < -0.39 is 18.3 Å². The van der Waals surface area contributed by atoms with E-state index in [2.05, 4.69) is 4.29 Å². The summed E-state index contributed by atoms with van der Waals surface area (Å²) < 4.78 is 4.40. The lowest BCUT2D eigenvalue weighted by Crippen LogP contribution is -2.60. The van der Waals surface area contributed by atoms with Gasteiger partial charge in [0.25, 0.3) is 0 Å². The maximum atomic E-state index is 9.56. The first kappa shape index (κ1) is 12.2. The highest BCUT2D eigenvalue weighted by Gasteiger charge is 2.38. The maximum Gasteiger partial charge on any atom is 0.108 e. The summed E-state index contributed by atoms with van der Waals surface area (Å²) >= 11 is 5.07. The van der Waals surface area contributed by atoms with Crippen molar-refractivity contribution in [3.63, 3.8) is 0 Å². The van der Waals surface area contributed by atoms with E-state index in [1.165, 1.54) is 0 Å². The lowest BCUT2D eigenvalue weighted by Gasteiger charge is -2.42. The highest BCUT2D eigenvalue weighted by atomic mass is 35.5. The van der Waals surface area contributed by atoms with Crippen LogP contribution >= 0.6 is 11.9 Å². The van der Waals surface area contributed by atoms with E-state index in [4.69, 9.17) is 11.9 Å². The van der Waals surface area contributed by atoms with Gasteiger partial charge in [-0.15, -0.1) is 0 Å². The Labute approximate surface area is 88.0 Å². The number of likely N-dealkylation sites (tertiary alicyclic amines) is 1. The van der Waals surface area contributed by atoms with Crippen LogP contribution in [-0.4, -0.2) is 64.3 Å². The molecule has 0 amide bonds. The average Bonchev–Trinajstić information content (AvgIpc) is 2.18. The van der Waals surface area contributed by atoms with Crippen molar-refractivity contribution in [1.29, 1.82) is 0 Å². The van der Waals surface area contributed by atoms with Gasteiger partial charge in [-0.2, -0.15) is 0 Å². The SMILES string of the molecule is C[C@@H]1[C@H](O)[C@H](O)[C@@H](O)CN1CCOCl. The van der Waals surface area contributed by atoms with Crippen molar-refractivity contribution in [2.75, 3.05) is 19.7 Å². The first-order valence-corrected chi connectivity index (χ1v) is 4.90. The molecular formula is C8H16ClNO4. The first-order valence-electron chi connectivity index (χ1n) is 4.59. The highest BCUT2D eigenvalue weighted by molar-refractivity contribution is 6.07. The molecule has 1 rings (SSSR count). The minimum atomic E-state index is -1.07. The van der Waals surface area contributed by atoms with Gasteiger partial charge in [0.2, 0.25) is 0 Å². The Hall–Kier alpha value is 0.0900. The third kappa shape index (κ3) is 2.56. The zero-order chi connectivity index (χ0) is 10.7. The molecule has 6 heteroatoms. The van der Waals surface area contributed by atoms with Gasteiger partial charge in [0.15, 0.2) is 0 Å². The van der Waals surface area contributed by atoms with Gasteiger partial charge in [0.1, 0.15) is 6.10 Å². The van der Waals surface area contributed by atoms with Crippen LogP contribution in [0.25, 0.3) is 0 Å². The van der Waals surface area contributed by atoms with Crippen LogP contribution in [0.15, 0.2) is 0 Å². The van der Waals surface area contributed by atoms with Gasteiger partial charge in [0, 0.05) is 19.1 Å². The normalized spacial score (nSPS) is 40.1. The Morgan fingerprint density at radius 1 is 1.36 bits per heavy atom. The lowest BCUT2D eigenvalue weighted by atomic mass is 9.95. The van der Waals surface area contributed by atoms with Crippen molar-refractivity contribution in [1.82, 2.24) is 4.90 Å². The third-order valence-electron chi connectivity index (χ3n) is 2.69. The summed E-state index contributed by atoms with van der Waals surface area (Å²) in [7, 11) is 0. The maximum absolute atomic E-state index is 9.56. The topological polar surface area (TPSA) is 73.2 Å². The minimum absolute atomic E-state index is 0.208. The molecule has 1 saturated heterocycles. The number of halogens is 1. The van der Waals surface area contributed by atoms with Gasteiger partial charge >= 0.3 is 0 Å². The van der Waals surface area contributed by atoms with Crippen molar-refractivity contribution in [2.45, 2.75) is 31.3 Å². The first-order chi connectivity index (χ1) is 6.57. The zero-order valence-corrected chi connectivity index (χ0v) is 8.76. The quantitative estimate of drug-likeness (QED) is 0.571. The minimum Gasteiger partial charge on any atom is -0.389 e. The Morgan fingerprint density at radius 2 is 2.00 bits per heavy atom. The fourth-order valence-corrected chi connectivity index (χ4v) is 1.76. The molecule has 0 aliphatic carbocycles. The van der Waals surface area contributed by atoms with Crippen LogP contribution in [0.2, 0.25) is 0 Å². The number of aliphatic hydroxyl groups excluding tert-OH is 3. The molecule has 0 aromatic heterocycles. The summed E-state index contributed by atoms with van der Waals surface area (Å²) in [6, 6.07) is -0.208. The molecule has 0 aromatic carbocycles. The smallest absolute Gasteiger partial charge is 0.108 e. The van der Waals surface area contributed by atoms with Crippen molar-refractivity contribution in [3.05, 3.63) is 0 Å². The summed E-state index contributed by atoms with van der Waals surface area (Å²) in [4.78, 5) is 1.82. The molecular weight excluding hydrogens is 210 g/mol. The number of β-amino-alcohol motifs (C(OH)–C–C–N with tert-alkyl or cyclic N) is 1. The number of rotatable bonds is 3. The molecule has 5 nitrogen and oxygen atoms in total. The number of nitrogens with zero attached hydrogens (tertiary/aromatic N) is 1. The molecule has 0 spiro atoms. The molecule has 84 valence electrons. The lowest BCUT2D eigenvalue weighted by molar-refractivity contribution is -0.134. The molecule has 0 unspecified atom stereocenters. The zero-order valence-electron chi connectivity index (χ0n) is 8.01. The second-order valence-corrected chi connectivity index (χ2v) is 3.82. The second kappa shape index (κ2) is 5.25. The second-order valence-electron chi connectivity index (χ2n) is 3.60. The molecule has 4 atom stereocenters. The van der Waals surface area contributed by atoms with E-state index in [0.717, 1.165) is 0 Å². The molecule has 1 aliphatic heterocycles. The summed E-state index contributed by atoms with van der Waals surface area (Å²) in [5.41, 5.74) is 0. The molecule has 0 bridgehead atoms. The van der Waals surface area contributed by atoms with Gasteiger partial charge in [-0.05, 0) is 6.92 Å². The number of aliphatic hydroxyl groups is 3. The van der Waals surface area contributed by atoms with Crippen molar-refractivity contribution >= 4 is 11.9 Å². The van der Waals surface area contributed by atoms with E-state index in [9.17, 15) is 15.3 Å². The molecule has 1 heterocycles. The molecule has 14 heavy (non-hydrogen) atoms. The number of hydrogen-bond donors (Lipinski definition) is 3. The van der Waals surface area contributed by atoms with Crippen LogP contribution in [0.4, 0.5) is 0 Å². The number of hydrogen-bond acceptors (Lipinski definition) is 5. The van der Waals surface area contributed by atoms with Crippen LogP contribution in [0.5, 0.6) is 0 Å². The average molecular weight is 226 g/mol. The van der Waals surface area contributed by atoms with E-state index in [1.807, 2.05) is 4.90 Å². The van der Waals surface area contributed by atoms with E-state index in [0.29, 0.717) is 19.7 Å². The monoisotopic (exact) mass is 225 g/mol. The predicted molar refractivity (Wildman–Crippen MR) is 50.9 cm³/mol. The van der Waals surface area contributed by atoms with Gasteiger partial charge in [-0.25, -0.2) is 0 Å². The molecule has 1 aliphatic rings. The predicted octanol–water partition coefficient (Wildman–Crippen LogP) is -1.06. The van der Waals surface area contributed by atoms with Gasteiger partial charge in [-0.3, -0.25) is 9.19 Å². The van der Waals surface area contributed by atoms with Gasteiger partial charge in [-0.1, -0.05) is 0 Å². The Kier molecular flexibility index (Phi) is 4.56.